The fourth-order valence-corrected chi connectivity index (χ4v) is 4.24. The second kappa shape index (κ2) is 11.1. The van der Waals surface area contributed by atoms with Gasteiger partial charge in [0.1, 0.15) is 29.5 Å². The van der Waals surface area contributed by atoms with E-state index < -0.39 is 17.3 Å². The molecule has 0 spiro atoms. The molecule has 0 radical (unpaired) electrons. The summed E-state index contributed by atoms with van der Waals surface area (Å²) >= 11 is 0. The fourth-order valence-electron chi connectivity index (χ4n) is 4.24. The second-order valence-corrected chi connectivity index (χ2v) is 8.81. The molecule has 1 fully saturated rings. The molecular weight excluding hydrogens is 473 g/mol. The van der Waals surface area contributed by atoms with E-state index in [-0.39, 0.29) is 12.2 Å². The first-order chi connectivity index (χ1) is 18.0. The van der Waals surface area contributed by atoms with Crippen LogP contribution >= 0.6 is 0 Å². The molecule has 188 valence electrons. The van der Waals surface area contributed by atoms with Crippen LogP contribution in [-0.2, 0) is 13.1 Å². The number of benzene rings is 2. The first-order valence-corrected chi connectivity index (χ1v) is 12.0. The van der Waals surface area contributed by atoms with E-state index in [9.17, 15) is 14.0 Å². The molecule has 5 rings (SSSR count). The number of carbonyl (C=O) groups excluding carboxylic acids is 1. The van der Waals surface area contributed by atoms with Crippen LogP contribution in [0.5, 0.6) is 0 Å². The minimum absolute atomic E-state index is 0.0469. The van der Waals surface area contributed by atoms with Gasteiger partial charge in [0.2, 0.25) is 0 Å². The van der Waals surface area contributed by atoms with Crippen LogP contribution in [0.3, 0.4) is 0 Å². The molecule has 0 atom stereocenters. The van der Waals surface area contributed by atoms with E-state index in [0.717, 1.165) is 43.2 Å². The van der Waals surface area contributed by atoms with Crippen molar-refractivity contribution in [3.63, 3.8) is 0 Å². The van der Waals surface area contributed by atoms with Crippen LogP contribution in [0.2, 0.25) is 0 Å². The Labute approximate surface area is 213 Å². The predicted octanol–water partition coefficient (Wildman–Crippen LogP) is 2.80. The molecule has 10 heteroatoms. The fraction of sp³-hybridized carbons (Fsp3) is 0.222. The lowest BCUT2D eigenvalue weighted by Crippen LogP contribution is -2.46. The van der Waals surface area contributed by atoms with Gasteiger partial charge in [0.05, 0.1) is 6.54 Å². The third kappa shape index (κ3) is 6.22. The lowest BCUT2D eigenvalue weighted by Gasteiger charge is -2.35. The quantitative estimate of drug-likeness (QED) is 0.418. The monoisotopic (exact) mass is 499 g/mol. The zero-order valence-electron chi connectivity index (χ0n) is 20.1. The molecule has 3 heterocycles. The Balaban J connectivity index is 1.22. The maximum absolute atomic E-state index is 13.5. The van der Waals surface area contributed by atoms with E-state index in [1.807, 2.05) is 6.07 Å². The van der Waals surface area contributed by atoms with Gasteiger partial charge in [-0.1, -0.05) is 42.5 Å². The van der Waals surface area contributed by atoms with Crippen molar-refractivity contribution in [1.29, 1.82) is 0 Å². The number of aromatic nitrogens is 4. The van der Waals surface area contributed by atoms with Gasteiger partial charge < -0.3 is 10.2 Å². The summed E-state index contributed by atoms with van der Waals surface area (Å²) in [6.45, 7) is 4.38. The van der Waals surface area contributed by atoms with Gasteiger partial charge in [0, 0.05) is 44.9 Å². The molecule has 1 amide bonds. The predicted molar refractivity (Wildman–Crippen MR) is 138 cm³/mol. The number of carbonyl (C=O) groups is 1. The molecule has 9 nitrogen and oxygen atoms in total. The van der Waals surface area contributed by atoms with Gasteiger partial charge in [-0.15, -0.1) is 0 Å². The molecule has 1 N–H and O–H groups in total. The number of nitrogens with one attached hydrogen (secondary N) is 1. The van der Waals surface area contributed by atoms with Gasteiger partial charge in [0.15, 0.2) is 0 Å². The first-order valence-electron chi connectivity index (χ1n) is 12.0. The molecule has 0 unspecified atom stereocenters. The van der Waals surface area contributed by atoms with Crippen molar-refractivity contribution in [2.45, 2.75) is 13.1 Å². The summed E-state index contributed by atoms with van der Waals surface area (Å²) in [6, 6.07) is 20.6. The number of halogens is 1. The molecule has 4 aromatic rings. The summed E-state index contributed by atoms with van der Waals surface area (Å²) in [7, 11) is 0. The second-order valence-electron chi connectivity index (χ2n) is 8.81. The van der Waals surface area contributed by atoms with Gasteiger partial charge in [-0.05, 0) is 29.3 Å². The summed E-state index contributed by atoms with van der Waals surface area (Å²) in [5.74, 6) is 0.155. The molecule has 0 saturated carbocycles. The zero-order chi connectivity index (χ0) is 25.6. The van der Waals surface area contributed by atoms with Crippen molar-refractivity contribution < 1.29 is 9.18 Å². The normalized spacial score (nSPS) is 13.9. The van der Waals surface area contributed by atoms with Crippen LogP contribution < -0.4 is 15.8 Å². The maximum atomic E-state index is 13.5. The van der Waals surface area contributed by atoms with Crippen molar-refractivity contribution >= 4 is 17.5 Å². The summed E-state index contributed by atoms with van der Waals surface area (Å²) < 4.78 is 14.6. The SMILES string of the molecule is O=C(Nc1cc(N2CCN(Cc3ccccc3)CC2)ncn1)c1ccc(=O)n(Cc2cccc(F)c2)n1. The Morgan fingerprint density at radius 2 is 1.65 bits per heavy atom. The molecule has 2 aromatic carbocycles. The van der Waals surface area contributed by atoms with Crippen molar-refractivity contribution in [1.82, 2.24) is 24.6 Å². The van der Waals surface area contributed by atoms with Crippen LogP contribution in [0.25, 0.3) is 0 Å². The van der Waals surface area contributed by atoms with E-state index in [4.69, 9.17) is 0 Å². The van der Waals surface area contributed by atoms with Crippen molar-refractivity contribution in [2.75, 3.05) is 36.4 Å². The van der Waals surface area contributed by atoms with Crippen LogP contribution in [-0.4, -0.2) is 56.7 Å². The number of nitrogens with zero attached hydrogens (tertiary/aromatic N) is 6. The minimum Gasteiger partial charge on any atom is -0.354 e. The molecule has 37 heavy (non-hydrogen) atoms. The molecule has 1 saturated heterocycles. The highest BCUT2D eigenvalue weighted by molar-refractivity contribution is 6.02. The highest BCUT2D eigenvalue weighted by Gasteiger charge is 2.19. The summed E-state index contributed by atoms with van der Waals surface area (Å²) in [5, 5.41) is 6.89. The number of hydrogen-bond acceptors (Lipinski definition) is 7. The van der Waals surface area contributed by atoms with E-state index >= 15 is 0 Å². The minimum atomic E-state index is -0.509. The smallest absolute Gasteiger partial charge is 0.277 e. The van der Waals surface area contributed by atoms with E-state index in [2.05, 4.69) is 54.4 Å². The van der Waals surface area contributed by atoms with Gasteiger partial charge in [0.25, 0.3) is 11.5 Å². The van der Waals surface area contributed by atoms with E-state index in [1.165, 1.54) is 36.2 Å². The highest BCUT2D eigenvalue weighted by Crippen LogP contribution is 2.18. The molecular formula is C27H26FN7O2. The van der Waals surface area contributed by atoms with Gasteiger partial charge in [-0.3, -0.25) is 14.5 Å². The average Bonchev–Trinajstić information content (AvgIpc) is 2.91. The van der Waals surface area contributed by atoms with Crippen molar-refractivity contribution in [3.8, 4) is 0 Å². The summed E-state index contributed by atoms with van der Waals surface area (Å²) in [6.07, 6.45) is 1.42. The standard InChI is InChI=1S/C27H26FN7O2/c28-22-8-4-7-21(15-22)18-35-26(36)10-9-23(32-35)27(37)31-24-16-25(30-19-29-24)34-13-11-33(12-14-34)17-20-5-2-1-3-6-20/h1-10,15-16,19H,11-14,17-18H2,(H,29,30,31,37). The third-order valence-corrected chi connectivity index (χ3v) is 6.16. The Morgan fingerprint density at radius 1 is 0.865 bits per heavy atom. The summed E-state index contributed by atoms with van der Waals surface area (Å²) in [4.78, 5) is 38.2. The topological polar surface area (TPSA) is 96.3 Å². The number of rotatable bonds is 7. The largest absolute Gasteiger partial charge is 0.354 e. The lowest BCUT2D eigenvalue weighted by atomic mass is 10.2. The lowest BCUT2D eigenvalue weighted by molar-refractivity contribution is 0.101. The number of hydrogen-bond donors (Lipinski definition) is 1. The molecule has 0 aliphatic carbocycles. The van der Waals surface area contributed by atoms with E-state index in [1.54, 1.807) is 18.2 Å². The molecule has 1 aliphatic rings. The molecule has 1 aliphatic heterocycles. The van der Waals surface area contributed by atoms with Gasteiger partial charge in [-0.2, -0.15) is 5.10 Å². The first kappa shape index (κ1) is 24.3. The molecule has 2 aromatic heterocycles. The third-order valence-electron chi connectivity index (χ3n) is 6.16. The summed E-state index contributed by atoms with van der Waals surface area (Å²) in [5.41, 5.74) is 1.51. The Hall–Kier alpha value is -4.44. The Bertz CT molecular complexity index is 1440. The number of amides is 1. The van der Waals surface area contributed by atoms with Crippen LogP contribution in [0.15, 0.2) is 83.9 Å². The van der Waals surface area contributed by atoms with Gasteiger partial charge >= 0.3 is 0 Å². The zero-order valence-corrected chi connectivity index (χ0v) is 20.1. The number of piperazine rings is 1. The van der Waals surface area contributed by atoms with Crippen LogP contribution in [0, 0.1) is 5.82 Å². The Morgan fingerprint density at radius 3 is 2.43 bits per heavy atom. The average molecular weight is 500 g/mol. The van der Waals surface area contributed by atoms with Crippen molar-refractivity contribution in [2.24, 2.45) is 0 Å². The highest BCUT2D eigenvalue weighted by atomic mass is 19.1. The van der Waals surface area contributed by atoms with Gasteiger partial charge in [-0.25, -0.2) is 19.0 Å². The van der Waals surface area contributed by atoms with Crippen LogP contribution in [0.4, 0.5) is 16.0 Å². The van der Waals surface area contributed by atoms with Crippen molar-refractivity contribution in [3.05, 3.63) is 112 Å². The molecule has 0 bridgehead atoms. The van der Waals surface area contributed by atoms with Crippen LogP contribution in [0.1, 0.15) is 21.6 Å². The van der Waals surface area contributed by atoms with E-state index in [0.29, 0.717) is 11.4 Å². The number of anilines is 2. The Kier molecular flexibility index (Phi) is 7.27. The maximum Gasteiger partial charge on any atom is 0.277 e.